The lowest BCUT2D eigenvalue weighted by molar-refractivity contribution is -0.167. The molecule has 466 valence electrons. The maximum absolute atomic E-state index is 12.9. The van der Waals surface area contributed by atoms with E-state index in [4.69, 9.17) is 14.2 Å². The van der Waals surface area contributed by atoms with Gasteiger partial charge in [-0.15, -0.1) is 0 Å². The zero-order valence-electron chi connectivity index (χ0n) is 53.5. The van der Waals surface area contributed by atoms with Crippen molar-refractivity contribution >= 4 is 17.9 Å². The van der Waals surface area contributed by atoms with Crippen LogP contribution in [0.3, 0.4) is 0 Å². The Morgan fingerprint density at radius 1 is 0.259 bits per heavy atom. The predicted octanol–water partition coefficient (Wildman–Crippen LogP) is 24.0. The van der Waals surface area contributed by atoms with Crippen molar-refractivity contribution in [1.29, 1.82) is 0 Å². The summed E-state index contributed by atoms with van der Waals surface area (Å²) in [4.78, 5) is 38.3. The highest BCUT2D eigenvalue weighted by atomic mass is 16.6. The molecule has 0 aliphatic carbocycles. The average molecular weight is 1130 g/mol. The van der Waals surface area contributed by atoms with Gasteiger partial charge in [0.15, 0.2) is 6.10 Å². The Balaban J connectivity index is 4.20. The van der Waals surface area contributed by atoms with Crippen LogP contribution in [-0.2, 0) is 28.6 Å². The fourth-order valence-corrected chi connectivity index (χ4v) is 9.85. The van der Waals surface area contributed by atoms with Crippen molar-refractivity contribution in [2.75, 3.05) is 13.2 Å². The highest BCUT2D eigenvalue weighted by Crippen LogP contribution is 2.17. The lowest BCUT2D eigenvalue weighted by Crippen LogP contribution is -2.30. The van der Waals surface area contributed by atoms with E-state index in [9.17, 15) is 14.4 Å². The van der Waals surface area contributed by atoms with Crippen LogP contribution in [0.25, 0.3) is 0 Å². The van der Waals surface area contributed by atoms with E-state index in [2.05, 4.69) is 118 Å². The molecule has 81 heavy (non-hydrogen) atoms. The molecule has 0 rings (SSSR count). The third kappa shape index (κ3) is 67.0. The molecule has 0 fully saturated rings. The van der Waals surface area contributed by atoms with Gasteiger partial charge in [-0.25, -0.2) is 0 Å². The second kappa shape index (κ2) is 68.8. The number of rotatable bonds is 63. The van der Waals surface area contributed by atoms with Crippen LogP contribution in [0, 0.1) is 0 Å². The van der Waals surface area contributed by atoms with Crippen molar-refractivity contribution < 1.29 is 28.6 Å². The van der Waals surface area contributed by atoms with E-state index < -0.39 is 6.10 Å². The molecule has 0 aliphatic rings. The molecule has 0 aromatic heterocycles. The van der Waals surface area contributed by atoms with Crippen molar-refractivity contribution in [2.45, 2.75) is 348 Å². The summed E-state index contributed by atoms with van der Waals surface area (Å²) < 4.78 is 16.9. The molecule has 0 heterocycles. The van der Waals surface area contributed by atoms with Crippen LogP contribution in [0.5, 0.6) is 0 Å². The zero-order chi connectivity index (χ0) is 58.5. The van der Waals surface area contributed by atoms with Crippen molar-refractivity contribution in [3.05, 3.63) is 97.2 Å². The first-order valence-electron chi connectivity index (χ1n) is 34.7. The van der Waals surface area contributed by atoms with E-state index >= 15 is 0 Å². The van der Waals surface area contributed by atoms with Crippen LogP contribution >= 0.6 is 0 Å². The first kappa shape index (κ1) is 77.3. The third-order valence-electron chi connectivity index (χ3n) is 15.0. The van der Waals surface area contributed by atoms with E-state index in [-0.39, 0.29) is 37.5 Å². The highest BCUT2D eigenvalue weighted by molar-refractivity contribution is 5.71. The van der Waals surface area contributed by atoms with E-state index in [0.717, 1.165) is 96.3 Å². The van der Waals surface area contributed by atoms with Crippen molar-refractivity contribution in [3.8, 4) is 0 Å². The van der Waals surface area contributed by atoms with Gasteiger partial charge in [0.25, 0.3) is 0 Å². The summed E-state index contributed by atoms with van der Waals surface area (Å²) in [5.41, 5.74) is 0. The standard InChI is InChI=1S/C75H130O6/c1-4-7-10-13-16-19-22-25-28-29-30-31-32-33-34-35-36-37-38-39-40-41-42-43-44-45-48-50-53-56-59-62-65-68-74(77)80-71-72(81-75(78)69-66-63-60-57-54-51-47-27-24-21-18-15-12-9-6-3)70-79-73(76)67-64-61-58-55-52-49-46-26-23-20-17-14-11-8-5-2/h9,12,18,21-22,25-27,29-30,32-33,46-47,54,57,72H,4-8,10-11,13-17,19-20,23-24,28,31,34-45,48-53,55-56,58-71H2,1-3H3/b12-9-,21-18-,25-22-,30-29-,33-32-,46-26-,47-27-,57-54-. The molecule has 0 bridgehead atoms. The number of unbranched alkanes of at least 4 members (excludes halogenated alkanes) is 36. The molecule has 6 nitrogen and oxygen atoms in total. The molecule has 0 N–H and O–H groups in total. The Morgan fingerprint density at radius 2 is 0.481 bits per heavy atom. The highest BCUT2D eigenvalue weighted by Gasteiger charge is 2.19. The van der Waals surface area contributed by atoms with E-state index in [1.54, 1.807) is 0 Å². The van der Waals surface area contributed by atoms with Gasteiger partial charge in [-0.1, -0.05) is 298 Å². The maximum atomic E-state index is 12.9. The van der Waals surface area contributed by atoms with Crippen LogP contribution in [0.4, 0.5) is 0 Å². The van der Waals surface area contributed by atoms with Gasteiger partial charge in [0.05, 0.1) is 0 Å². The normalized spacial score (nSPS) is 12.7. The van der Waals surface area contributed by atoms with Gasteiger partial charge in [0, 0.05) is 19.3 Å². The number of carbonyl (C=O) groups is 3. The van der Waals surface area contributed by atoms with Gasteiger partial charge >= 0.3 is 17.9 Å². The van der Waals surface area contributed by atoms with Gasteiger partial charge in [-0.05, 0) is 122 Å². The van der Waals surface area contributed by atoms with Crippen LogP contribution in [0.2, 0.25) is 0 Å². The van der Waals surface area contributed by atoms with Crippen molar-refractivity contribution in [2.24, 2.45) is 0 Å². The molecule has 0 amide bonds. The maximum Gasteiger partial charge on any atom is 0.306 e. The first-order chi connectivity index (χ1) is 40.0. The Kier molecular flexibility index (Phi) is 65.7. The Morgan fingerprint density at radius 3 is 0.790 bits per heavy atom. The van der Waals surface area contributed by atoms with Gasteiger partial charge in [-0.2, -0.15) is 0 Å². The second-order valence-electron chi connectivity index (χ2n) is 23.1. The molecule has 1 atom stereocenters. The molecule has 0 saturated carbocycles. The number of carbonyl (C=O) groups excluding carboxylic acids is 3. The SMILES string of the molecule is CC/C=C\C/C=C\C/C=C\C/C=C\CCCCC(=O)OC(COC(=O)CCCCCCC/C=C\CCCCCCCC)COC(=O)CCCCCCCCCCCCCCCCCCCC/C=C\C/C=C\C/C=C\CCCCCCC. The minimum Gasteiger partial charge on any atom is -0.462 e. The minimum absolute atomic E-state index is 0.0945. The average Bonchev–Trinajstić information content (AvgIpc) is 3.47. The van der Waals surface area contributed by atoms with Crippen LogP contribution in [-0.4, -0.2) is 37.2 Å². The molecule has 6 heteroatoms. The molecule has 0 saturated heterocycles. The number of hydrogen-bond donors (Lipinski definition) is 0. The van der Waals surface area contributed by atoms with Gasteiger partial charge in [-0.3, -0.25) is 14.4 Å². The molecular weight excluding hydrogens is 997 g/mol. The lowest BCUT2D eigenvalue weighted by Gasteiger charge is -2.18. The van der Waals surface area contributed by atoms with E-state index in [0.29, 0.717) is 19.3 Å². The zero-order valence-corrected chi connectivity index (χ0v) is 53.5. The largest absolute Gasteiger partial charge is 0.462 e. The quantitative estimate of drug-likeness (QED) is 0.0261. The molecule has 0 aliphatic heterocycles. The molecule has 0 radical (unpaired) electrons. The van der Waals surface area contributed by atoms with Crippen LogP contribution < -0.4 is 0 Å². The summed E-state index contributed by atoms with van der Waals surface area (Å²) >= 11 is 0. The minimum atomic E-state index is -0.803. The lowest BCUT2D eigenvalue weighted by atomic mass is 10.0. The fourth-order valence-electron chi connectivity index (χ4n) is 9.85. The molecule has 1 unspecified atom stereocenters. The van der Waals surface area contributed by atoms with Crippen molar-refractivity contribution in [3.63, 3.8) is 0 Å². The smallest absolute Gasteiger partial charge is 0.306 e. The summed E-state index contributed by atoms with van der Waals surface area (Å²) in [6.45, 7) is 6.50. The van der Waals surface area contributed by atoms with Gasteiger partial charge in [0.2, 0.25) is 0 Å². The molecule has 0 spiro atoms. The van der Waals surface area contributed by atoms with Gasteiger partial charge < -0.3 is 14.2 Å². The fraction of sp³-hybridized carbons (Fsp3) is 0.747. The second-order valence-corrected chi connectivity index (χ2v) is 23.1. The Hall–Kier alpha value is -3.67. The predicted molar refractivity (Wildman–Crippen MR) is 353 cm³/mol. The molecule has 0 aromatic rings. The Bertz CT molecular complexity index is 1580. The monoisotopic (exact) mass is 1130 g/mol. The van der Waals surface area contributed by atoms with Crippen LogP contribution in [0.1, 0.15) is 342 Å². The van der Waals surface area contributed by atoms with Gasteiger partial charge in [0.1, 0.15) is 13.2 Å². The summed E-state index contributed by atoms with van der Waals surface area (Å²) in [6, 6.07) is 0. The number of allylic oxidation sites excluding steroid dienone is 16. The topological polar surface area (TPSA) is 78.9 Å². The molecule has 0 aromatic carbocycles. The number of ether oxygens (including phenoxy) is 3. The Labute approximate surface area is 502 Å². The summed E-state index contributed by atoms with van der Waals surface area (Å²) in [5, 5.41) is 0. The van der Waals surface area contributed by atoms with Crippen LogP contribution in [0.15, 0.2) is 97.2 Å². The summed E-state index contributed by atoms with van der Waals surface area (Å²) in [5.74, 6) is -0.933. The number of esters is 3. The third-order valence-corrected chi connectivity index (χ3v) is 15.0. The first-order valence-corrected chi connectivity index (χ1v) is 34.7. The van der Waals surface area contributed by atoms with Crippen molar-refractivity contribution in [1.82, 2.24) is 0 Å². The summed E-state index contributed by atoms with van der Waals surface area (Å²) in [7, 11) is 0. The number of hydrogen-bond acceptors (Lipinski definition) is 6. The van der Waals surface area contributed by atoms with E-state index in [1.807, 2.05) is 0 Å². The molecular formula is C75H130O6. The summed E-state index contributed by atoms with van der Waals surface area (Å²) in [6.07, 6.45) is 93.0. The van der Waals surface area contributed by atoms with E-state index in [1.165, 1.54) is 199 Å².